The smallest absolute Gasteiger partial charge is 0.414 e. The number of methoxy groups -OCH3 is 1. The second-order valence-electron chi connectivity index (χ2n) is 7.59. The predicted octanol–water partition coefficient (Wildman–Crippen LogP) is -0.0907. The van der Waals surface area contributed by atoms with E-state index >= 15 is 0 Å². The number of carbonyl (C=O) groups excluding carboxylic acids is 3. The Morgan fingerprint density at radius 2 is 2.03 bits per heavy atom. The quantitative estimate of drug-likeness (QED) is 0.612. The van der Waals surface area contributed by atoms with E-state index in [1.807, 2.05) is 4.90 Å². The van der Waals surface area contributed by atoms with Gasteiger partial charge in [-0.2, -0.15) is 0 Å². The lowest BCUT2D eigenvalue weighted by molar-refractivity contribution is -0.135. The molecule has 3 amide bonds. The number of anilines is 2. The van der Waals surface area contributed by atoms with Crippen LogP contribution in [0.1, 0.15) is 6.92 Å². The number of nitrogens with zero attached hydrogens (tertiary/aromatic N) is 3. The van der Waals surface area contributed by atoms with Crippen LogP contribution in [0.15, 0.2) is 18.2 Å². The molecule has 3 rings (SSSR count). The summed E-state index contributed by atoms with van der Waals surface area (Å²) < 4.78 is 25.0. The van der Waals surface area contributed by atoms with Crippen molar-refractivity contribution in [1.29, 1.82) is 0 Å². The minimum atomic E-state index is -0.658. The highest BCUT2D eigenvalue weighted by Gasteiger charge is 2.33. The zero-order valence-corrected chi connectivity index (χ0v) is 17.7. The SMILES string of the molecule is COCC(=O)N1CCN(c2ccc(N3CC(CNC(=O)C(C)N)OC3=O)cc2F)CC1. The van der Waals surface area contributed by atoms with E-state index in [1.165, 1.54) is 18.1 Å². The summed E-state index contributed by atoms with van der Waals surface area (Å²) in [5.41, 5.74) is 6.28. The Kier molecular flexibility index (Phi) is 7.29. The van der Waals surface area contributed by atoms with Gasteiger partial charge in [0, 0.05) is 33.3 Å². The molecule has 0 saturated carbocycles. The lowest BCUT2D eigenvalue weighted by atomic mass is 10.2. The highest BCUT2D eigenvalue weighted by atomic mass is 19.1. The predicted molar refractivity (Wildman–Crippen MR) is 111 cm³/mol. The van der Waals surface area contributed by atoms with Crippen LogP contribution in [0, 0.1) is 5.82 Å². The Labute approximate surface area is 180 Å². The van der Waals surface area contributed by atoms with Crippen molar-refractivity contribution in [3.63, 3.8) is 0 Å². The number of rotatable bonds is 7. The molecule has 170 valence electrons. The van der Waals surface area contributed by atoms with Crippen LogP contribution < -0.4 is 20.9 Å². The molecule has 2 atom stereocenters. The molecule has 0 aromatic heterocycles. The van der Waals surface area contributed by atoms with E-state index < -0.39 is 24.1 Å². The lowest BCUT2D eigenvalue weighted by Gasteiger charge is -2.36. The fraction of sp³-hybridized carbons (Fsp3) is 0.550. The Hall–Kier alpha value is -2.92. The molecule has 0 aliphatic carbocycles. The molecule has 2 unspecified atom stereocenters. The van der Waals surface area contributed by atoms with Crippen molar-refractivity contribution in [2.75, 3.05) is 62.8 Å². The molecule has 1 aromatic carbocycles. The second-order valence-corrected chi connectivity index (χ2v) is 7.59. The maximum Gasteiger partial charge on any atom is 0.414 e. The summed E-state index contributed by atoms with van der Waals surface area (Å²) in [7, 11) is 1.47. The van der Waals surface area contributed by atoms with E-state index in [1.54, 1.807) is 24.0 Å². The molecule has 31 heavy (non-hydrogen) atoms. The summed E-state index contributed by atoms with van der Waals surface area (Å²) in [6.07, 6.45) is -1.15. The summed E-state index contributed by atoms with van der Waals surface area (Å²) in [4.78, 5) is 40.6. The van der Waals surface area contributed by atoms with E-state index in [2.05, 4.69) is 5.32 Å². The standard InChI is InChI=1S/C20H28FN5O5/c1-13(22)19(28)23-10-15-11-26(20(29)31-15)14-3-4-17(16(21)9-14)24-5-7-25(8-6-24)18(27)12-30-2/h3-4,9,13,15H,5-8,10-12,22H2,1-2H3,(H,23,28). The molecular formula is C20H28FN5O5. The largest absolute Gasteiger partial charge is 0.442 e. The fourth-order valence-corrected chi connectivity index (χ4v) is 3.55. The van der Waals surface area contributed by atoms with Crippen LogP contribution in [-0.2, 0) is 19.1 Å². The molecule has 0 spiro atoms. The van der Waals surface area contributed by atoms with E-state index in [0.717, 1.165) is 0 Å². The van der Waals surface area contributed by atoms with Crippen molar-refractivity contribution < 1.29 is 28.2 Å². The van der Waals surface area contributed by atoms with Crippen molar-refractivity contribution in [1.82, 2.24) is 10.2 Å². The van der Waals surface area contributed by atoms with Gasteiger partial charge in [-0.3, -0.25) is 14.5 Å². The fourth-order valence-electron chi connectivity index (χ4n) is 3.55. The van der Waals surface area contributed by atoms with Crippen LogP contribution in [0.3, 0.4) is 0 Å². The van der Waals surface area contributed by atoms with Gasteiger partial charge < -0.3 is 30.3 Å². The first-order chi connectivity index (χ1) is 14.8. The number of benzene rings is 1. The lowest BCUT2D eigenvalue weighted by Crippen LogP contribution is -2.50. The van der Waals surface area contributed by atoms with Gasteiger partial charge in [0.05, 0.1) is 30.5 Å². The zero-order valence-electron chi connectivity index (χ0n) is 17.7. The van der Waals surface area contributed by atoms with Crippen molar-refractivity contribution in [3.05, 3.63) is 24.0 Å². The molecule has 11 heteroatoms. The third-order valence-electron chi connectivity index (χ3n) is 5.28. The van der Waals surface area contributed by atoms with Crippen molar-refractivity contribution in [3.8, 4) is 0 Å². The number of cyclic esters (lactones) is 1. The number of hydrogen-bond donors (Lipinski definition) is 2. The molecule has 0 radical (unpaired) electrons. The van der Waals surface area contributed by atoms with Gasteiger partial charge in [0.15, 0.2) is 0 Å². The van der Waals surface area contributed by atoms with Crippen LogP contribution in [0.4, 0.5) is 20.6 Å². The normalized spacial score (nSPS) is 19.9. The number of piperazine rings is 1. The van der Waals surface area contributed by atoms with Crippen LogP contribution in [0.5, 0.6) is 0 Å². The minimum Gasteiger partial charge on any atom is -0.442 e. The number of nitrogens with two attached hydrogens (primary N) is 1. The first-order valence-electron chi connectivity index (χ1n) is 10.1. The Morgan fingerprint density at radius 3 is 2.65 bits per heavy atom. The molecule has 2 fully saturated rings. The summed E-state index contributed by atoms with van der Waals surface area (Å²) >= 11 is 0. The molecule has 2 aliphatic heterocycles. The number of hydrogen-bond acceptors (Lipinski definition) is 7. The van der Waals surface area contributed by atoms with Crippen LogP contribution in [0.2, 0.25) is 0 Å². The third kappa shape index (κ3) is 5.42. The van der Waals surface area contributed by atoms with Gasteiger partial charge in [-0.1, -0.05) is 0 Å². The van der Waals surface area contributed by atoms with Gasteiger partial charge in [0.2, 0.25) is 11.8 Å². The molecule has 10 nitrogen and oxygen atoms in total. The third-order valence-corrected chi connectivity index (χ3v) is 5.28. The summed E-state index contributed by atoms with van der Waals surface area (Å²) in [5.74, 6) is -0.887. The number of halogens is 1. The van der Waals surface area contributed by atoms with Gasteiger partial charge in [0.25, 0.3) is 0 Å². The molecule has 3 N–H and O–H groups in total. The molecule has 2 aliphatic rings. The van der Waals surface area contributed by atoms with Gasteiger partial charge in [-0.15, -0.1) is 0 Å². The van der Waals surface area contributed by atoms with Crippen LogP contribution in [0.25, 0.3) is 0 Å². The Balaban J connectivity index is 1.59. The summed E-state index contributed by atoms with van der Waals surface area (Å²) in [5, 5.41) is 2.62. The first kappa shape index (κ1) is 22.8. The number of carbonyl (C=O) groups is 3. The number of nitrogens with one attached hydrogen (secondary N) is 1. The van der Waals surface area contributed by atoms with Crippen LogP contribution >= 0.6 is 0 Å². The topological polar surface area (TPSA) is 117 Å². The first-order valence-corrected chi connectivity index (χ1v) is 10.1. The zero-order chi connectivity index (χ0) is 22.5. The highest BCUT2D eigenvalue weighted by molar-refractivity contribution is 5.90. The Morgan fingerprint density at radius 1 is 1.32 bits per heavy atom. The van der Waals surface area contributed by atoms with E-state index in [4.69, 9.17) is 15.2 Å². The number of ether oxygens (including phenoxy) is 2. The molecule has 0 bridgehead atoms. The summed E-state index contributed by atoms with van der Waals surface area (Å²) in [6, 6.07) is 3.91. The van der Waals surface area contributed by atoms with Crippen molar-refractivity contribution in [2.45, 2.75) is 19.1 Å². The Bertz CT molecular complexity index is 828. The highest BCUT2D eigenvalue weighted by Crippen LogP contribution is 2.28. The minimum absolute atomic E-state index is 0.0327. The van der Waals surface area contributed by atoms with E-state index in [-0.39, 0.29) is 31.5 Å². The average Bonchev–Trinajstić information content (AvgIpc) is 3.12. The van der Waals surface area contributed by atoms with E-state index in [9.17, 15) is 18.8 Å². The molecular weight excluding hydrogens is 409 g/mol. The van der Waals surface area contributed by atoms with Gasteiger partial charge in [-0.25, -0.2) is 9.18 Å². The molecule has 1 aromatic rings. The second kappa shape index (κ2) is 9.92. The van der Waals surface area contributed by atoms with Gasteiger partial charge >= 0.3 is 6.09 Å². The molecule has 2 heterocycles. The van der Waals surface area contributed by atoms with Gasteiger partial charge in [-0.05, 0) is 25.1 Å². The van der Waals surface area contributed by atoms with E-state index in [0.29, 0.717) is 37.6 Å². The molecule has 2 saturated heterocycles. The number of amides is 3. The average molecular weight is 437 g/mol. The maximum atomic E-state index is 14.8. The van der Waals surface area contributed by atoms with Crippen LogP contribution in [-0.4, -0.2) is 87.9 Å². The van der Waals surface area contributed by atoms with Crippen molar-refractivity contribution >= 4 is 29.3 Å². The van der Waals surface area contributed by atoms with Gasteiger partial charge in [0.1, 0.15) is 18.5 Å². The monoisotopic (exact) mass is 437 g/mol. The summed E-state index contributed by atoms with van der Waals surface area (Å²) in [6.45, 7) is 3.88. The van der Waals surface area contributed by atoms with Crippen molar-refractivity contribution in [2.24, 2.45) is 5.73 Å². The maximum absolute atomic E-state index is 14.8.